The van der Waals surface area contributed by atoms with Gasteiger partial charge in [0.1, 0.15) is 0 Å². The molecule has 1 aliphatic heterocycles. The summed E-state index contributed by atoms with van der Waals surface area (Å²) in [5.41, 5.74) is 2.97. The van der Waals surface area contributed by atoms with Crippen molar-refractivity contribution in [2.75, 3.05) is 0 Å². The van der Waals surface area contributed by atoms with Gasteiger partial charge in [-0.05, 0) is 24.3 Å². The summed E-state index contributed by atoms with van der Waals surface area (Å²) in [6, 6.07) is 14.9. The van der Waals surface area contributed by atoms with E-state index in [4.69, 9.17) is 0 Å². The first-order valence-electron chi connectivity index (χ1n) is 5.67. The summed E-state index contributed by atoms with van der Waals surface area (Å²) in [4.78, 5) is 22.0. The monoisotopic (exact) mass is 267 g/mol. The molecule has 0 saturated carbocycles. The molecule has 1 aromatic heterocycles. The van der Waals surface area contributed by atoms with Crippen LogP contribution in [-0.2, 0) is 0 Å². The van der Waals surface area contributed by atoms with Gasteiger partial charge in [0.15, 0.2) is 0 Å². The molecule has 0 radical (unpaired) electrons. The predicted molar refractivity (Wildman–Crippen MR) is 73.8 cm³/mol. The van der Waals surface area contributed by atoms with E-state index in [0.29, 0.717) is 10.7 Å². The predicted octanol–water partition coefficient (Wildman–Crippen LogP) is 2.36. The fourth-order valence-corrected chi connectivity index (χ4v) is 2.37. The number of nitrogens with zero attached hydrogens (tertiary/aromatic N) is 3. The van der Waals surface area contributed by atoms with E-state index >= 15 is 0 Å². The highest BCUT2D eigenvalue weighted by Crippen LogP contribution is 2.15. The molecule has 2 aromatic carbocycles. The Morgan fingerprint density at radius 2 is 1.47 bits per heavy atom. The molecule has 0 saturated heterocycles. The third kappa shape index (κ3) is 2.56. The molecule has 2 heterocycles. The van der Waals surface area contributed by atoms with Gasteiger partial charge in [-0.25, -0.2) is 9.78 Å². The number of benzene rings is 2. The normalized spacial score (nSPS) is 12.1. The molecule has 92 valence electrons. The topological polar surface area (TPSA) is 54.7 Å². The minimum Gasteiger partial charge on any atom is -0.245 e. The molecule has 0 spiro atoms. The minimum atomic E-state index is -0.402. The number of para-hydroxylation sites is 3. The van der Waals surface area contributed by atoms with Gasteiger partial charge in [-0.1, -0.05) is 24.3 Å². The first-order valence-corrected chi connectivity index (χ1v) is 6.55. The summed E-state index contributed by atoms with van der Waals surface area (Å²) < 4.78 is 1.26. The Bertz CT molecular complexity index is 787. The van der Waals surface area contributed by atoms with E-state index in [-0.39, 0.29) is 0 Å². The van der Waals surface area contributed by atoms with Crippen LogP contribution in [0.25, 0.3) is 10.2 Å². The van der Waals surface area contributed by atoms with Crippen LogP contribution in [-0.4, -0.2) is 11.0 Å². The van der Waals surface area contributed by atoms with E-state index in [9.17, 15) is 4.79 Å². The lowest BCUT2D eigenvalue weighted by Gasteiger charge is -1.80. The Balaban J connectivity index is 0.000000117. The summed E-state index contributed by atoms with van der Waals surface area (Å²) in [5.74, 6) is 0. The van der Waals surface area contributed by atoms with Crippen LogP contribution in [0.1, 0.15) is 0 Å². The largest absolute Gasteiger partial charge is 0.368 e. The minimum absolute atomic E-state index is 0.402. The smallest absolute Gasteiger partial charge is 0.245 e. The number of hydrogen-bond donors (Lipinski definition) is 0. The Morgan fingerprint density at radius 3 is 2.16 bits per heavy atom. The van der Waals surface area contributed by atoms with Gasteiger partial charge in [-0.2, -0.15) is 9.98 Å². The molecule has 0 fully saturated rings. The van der Waals surface area contributed by atoms with Crippen molar-refractivity contribution in [2.45, 2.75) is 0 Å². The first kappa shape index (κ1) is 11.7. The van der Waals surface area contributed by atoms with Gasteiger partial charge in [-0.15, -0.1) is 11.3 Å². The lowest BCUT2D eigenvalue weighted by molar-refractivity contribution is 0.256. The number of hydrogen-bond acceptors (Lipinski definition) is 3. The summed E-state index contributed by atoms with van der Waals surface area (Å²) in [6.45, 7) is 0. The van der Waals surface area contributed by atoms with E-state index in [1.807, 2.05) is 35.8 Å². The van der Waals surface area contributed by atoms with E-state index in [2.05, 4.69) is 21.0 Å². The zero-order chi connectivity index (χ0) is 13.1. The molecule has 0 atom stereocenters. The molecule has 5 heteroatoms. The van der Waals surface area contributed by atoms with Crippen molar-refractivity contribution in [3.8, 4) is 0 Å². The van der Waals surface area contributed by atoms with Crippen molar-refractivity contribution in [3.05, 3.63) is 64.8 Å². The van der Waals surface area contributed by atoms with E-state index in [1.165, 1.54) is 4.70 Å². The zero-order valence-electron chi connectivity index (χ0n) is 9.85. The number of aromatic nitrogens is 1. The highest BCUT2D eigenvalue weighted by Gasteiger charge is 2.01. The van der Waals surface area contributed by atoms with Crippen LogP contribution < -0.4 is 10.7 Å². The van der Waals surface area contributed by atoms with Crippen molar-refractivity contribution in [3.63, 3.8) is 0 Å². The van der Waals surface area contributed by atoms with Gasteiger partial charge in [0, 0.05) is 0 Å². The van der Waals surface area contributed by atoms with Crippen LogP contribution in [0.5, 0.6) is 0 Å². The van der Waals surface area contributed by atoms with Crippen LogP contribution in [0, 0.1) is 0 Å². The van der Waals surface area contributed by atoms with Crippen LogP contribution in [0.15, 0.2) is 64.0 Å². The van der Waals surface area contributed by atoms with E-state index in [0.717, 1.165) is 5.52 Å². The molecule has 0 bridgehead atoms. The average molecular weight is 267 g/mol. The van der Waals surface area contributed by atoms with E-state index in [1.54, 1.807) is 23.5 Å². The summed E-state index contributed by atoms with van der Waals surface area (Å²) >= 11 is 1.68. The maximum Gasteiger partial charge on any atom is 0.368 e. The Labute approximate surface area is 112 Å². The molecule has 4 rings (SSSR count). The van der Waals surface area contributed by atoms with Crippen LogP contribution >= 0.6 is 11.3 Å². The molecule has 4 nitrogen and oxygen atoms in total. The lowest BCUT2D eigenvalue weighted by Crippen LogP contribution is -2.19. The quantitative estimate of drug-likeness (QED) is 0.628. The average Bonchev–Trinajstić information content (AvgIpc) is 3.03. The van der Waals surface area contributed by atoms with Crippen LogP contribution in [0.2, 0.25) is 0 Å². The summed E-state index contributed by atoms with van der Waals surface area (Å²) in [7, 11) is 0. The van der Waals surface area contributed by atoms with E-state index < -0.39 is 6.03 Å². The molecule has 0 aliphatic carbocycles. The number of carbonyl (C=O) groups excluding carboxylic acids is 1. The second-order valence-electron chi connectivity index (χ2n) is 3.81. The Kier molecular flexibility index (Phi) is 3.12. The Hall–Kier alpha value is -2.40. The van der Waals surface area contributed by atoms with Gasteiger partial charge in [0.05, 0.1) is 26.4 Å². The molecule has 19 heavy (non-hydrogen) atoms. The summed E-state index contributed by atoms with van der Waals surface area (Å²) in [5, 5.41) is 1.35. The van der Waals surface area contributed by atoms with Crippen molar-refractivity contribution < 1.29 is 4.79 Å². The molecule has 2 amide bonds. The highest BCUT2D eigenvalue weighted by molar-refractivity contribution is 7.16. The summed E-state index contributed by atoms with van der Waals surface area (Å²) in [6.07, 6.45) is 0. The van der Waals surface area contributed by atoms with Crippen LogP contribution in [0.4, 0.5) is 4.79 Å². The number of thiazole rings is 1. The van der Waals surface area contributed by atoms with Gasteiger partial charge in [0.2, 0.25) is 0 Å². The lowest BCUT2D eigenvalue weighted by atomic mass is 10.3. The van der Waals surface area contributed by atoms with Gasteiger partial charge < -0.3 is 0 Å². The number of rotatable bonds is 0. The molecular weight excluding hydrogens is 258 g/mol. The highest BCUT2D eigenvalue weighted by atomic mass is 32.1. The third-order valence-corrected chi connectivity index (χ3v) is 3.36. The fraction of sp³-hybridized carbons (Fsp3) is 0. The van der Waals surface area contributed by atoms with Gasteiger partial charge in [-0.3, -0.25) is 0 Å². The second kappa shape index (κ2) is 5.07. The van der Waals surface area contributed by atoms with Crippen molar-refractivity contribution in [1.82, 2.24) is 4.98 Å². The van der Waals surface area contributed by atoms with Gasteiger partial charge in [0.25, 0.3) is 0 Å². The zero-order valence-corrected chi connectivity index (χ0v) is 10.7. The maximum atomic E-state index is 10.6. The SMILES string of the molecule is O=C1N=c2ccccc2=N1.c1ccc2scnc2c1. The fourth-order valence-electron chi connectivity index (χ4n) is 1.69. The molecule has 1 aliphatic rings. The molecule has 3 aromatic rings. The maximum absolute atomic E-state index is 10.6. The first-order chi connectivity index (χ1) is 9.33. The van der Waals surface area contributed by atoms with Crippen molar-refractivity contribution >= 4 is 27.6 Å². The van der Waals surface area contributed by atoms with Crippen LogP contribution in [0.3, 0.4) is 0 Å². The van der Waals surface area contributed by atoms with Crippen molar-refractivity contribution in [1.29, 1.82) is 0 Å². The molecule has 0 N–H and O–H groups in total. The third-order valence-electron chi connectivity index (χ3n) is 2.55. The second-order valence-corrected chi connectivity index (χ2v) is 4.70. The number of amides is 2. The number of carbonyl (C=O) groups is 1. The molecular formula is C14H9N3OS. The number of urea groups is 1. The standard InChI is InChI=1S/C7H4N2O.C7H5NS/c10-7-8-5-3-1-2-4-6(5)9-7;1-2-4-7-6(3-1)8-5-9-7/h1-4H;1-5H. The molecule has 0 unspecified atom stereocenters. The number of fused-ring (bicyclic) bond motifs is 2. The van der Waals surface area contributed by atoms with Crippen molar-refractivity contribution in [2.24, 2.45) is 9.98 Å². The van der Waals surface area contributed by atoms with Gasteiger partial charge >= 0.3 is 6.03 Å². The Morgan fingerprint density at radius 1 is 0.842 bits per heavy atom.